The van der Waals surface area contributed by atoms with Gasteiger partial charge in [0.15, 0.2) is 0 Å². The van der Waals surface area contributed by atoms with Crippen molar-refractivity contribution in [2.24, 2.45) is 0 Å². The van der Waals surface area contributed by atoms with Crippen molar-refractivity contribution in [3.05, 3.63) is 45.7 Å². The second-order valence-electron chi connectivity index (χ2n) is 2.90. The molecule has 0 unspecified atom stereocenters. The van der Waals surface area contributed by atoms with Gasteiger partial charge < -0.3 is 4.98 Å². The highest BCUT2D eigenvalue weighted by Gasteiger charge is 2.03. The molecule has 3 heteroatoms. The van der Waals surface area contributed by atoms with E-state index in [1.54, 1.807) is 17.5 Å². The second kappa shape index (κ2) is 3.18. The molecule has 66 valence electrons. The van der Waals surface area contributed by atoms with Gasteiger partial charge in [0.2, 0.25) is 0 Å². The summed E-state index contributed by atoms with van der Waals surface area (Å²) in [5, 5.41) is 2.04. The van der Waals surface area contributed by atoms with Gasteiger partial charge in [-0.3, -0.25) is 4.79 Å². The van der Waals surface area contributed by atoms with Crippen LogP contribution < -0.4 is 5.56 Å². The smallest absolute Gasteiger partial charge is 0.256 e. The summed E-state index contributed by atoms with van der Waals surface area (Å²) in [7, 11) is 0. The van der Waals surface area contributed by atoms with Gasteiger partial charge >= 0.3 is 0 Å². The van der Waals surface area contributed by atoms with Crippen molar-refractivity contribution in [1.29, 1.82) is 0 Å². The van der Waals surface area contributed by atoms with E-state index in [-0.39, 0.29) is 5.56 Å². The molecule has 1 N–H and O–H groups in total. The van der Waals surface area contributed by atoms with Crippen LogP contribution in [0.1, 0.15) is 5.56 Å². The summed E-state index contributed by atoms with van der Waals surface area (Å²) in [5.74, 6) is 0. The van der Waals surface area contributed by atoms with Gasteiger partial charge in [0.05, 0.1) is 5.56 Å². The fraction of sp³-hybridized carbons (Fsp3) is 0.100. The first-order chi connectivity index (χ1) is 6.27. The highest BCUT2D eigenvalue weighted by molar-refractivity contribution is 7.13. The van der Waals surface area contributed by atoms with Crippen molar-refractivity contribution in [3.8, 4) is 10.4 Å². The molecule has 0 aliphatic rings. The van der Waals surface area contributed by atoms with Gasteiger partial charge in [-0.2, -0.15) is 0 Å². The predicted molar refractivity (Wildman–Crippen MR) is 55.1 cm³/mol. The lowest BCUT2D eigenvalue weighted by Gasteiger charge is -1.92. The van der Waals surface area contributed by atoms with Crippen molar-refractivity contribution in [2.45, 2.75) is 6.92 Å². The van der Waals surface area contributed by atoms with Crippen LogP contribution in [0.15, 0.2) is 34.6 Å². The maximum atomic E-state index is 11.4. The zero-order valence-corrected chi connectivity index (χ0v) is 8.02. The van der Waals surface area contributed by atoms with Crippen LogP contribution in [-0.4, -0.2) is 4.98 Å². The average molecular weight is 191 g/mol. The molecule has 0 saturated heterocycles. The quantitative estimate of drug-likeness (QED) is 0.737. The monoisotopic (exact) mass is 191 g/mol. The average Bonchev–Trinajstić information content (AvgIpc) is 2.53. The third-order valence-corrected chi connectivity index (χ3v) is 2.90. The first-order valence-corrected chi connectivity index (χ1v) is 4.88. The van der Waals surface area contributed by atoms with Gasteiger partial charge in [-0.1, -0.05) is 0 Å². The van der Waals surface area contributed by atoms with Gasteiger partial charge in [0.1, 0.15) is 0 Å². The minimum absolute atomic E-state index is 0.0237. The van der Waals surface area contributed by atoms with Crippen LogP contribution in [0, 0.1) is 6.92 Å². The van der Waals surface area contributed by atoms with Crippen LogP contribution in [0.4, 0.5) is 0 Å². The molecule has 13 heavy (non-hydrogen) atoms. The summed E-state index contributed by atoms with van der Waals surface area (Å²) in [6.45, 7) is 2.02. The van der Waals surface area contributed by atoms with E-state index in [4.69, 9.17) is 0 Å². The molecule has 0 bridgehead atoms. The SMILES string of the molecule is Cc1csc(-c2ccc[nH]c2=O)c1. The Bertz CT molecular complexity index is 470. The van der Waals surface area contributed by atoms with E-state index < -0.39 is 0 Å². The van der Waals surface area contributed by atoms with Gasteiger partial charge in [-0.05, 0) is 36.1 Å². The number of pyridine rings is 1. The summed E-state index contributed by atoms with van der Waals surface area (Å²) in [6.07, 6.45) is 1.65. The third kappa shape index (κ3) is 1.55. The van der Waals surface area contributed by atoms with Crippen LogP contribution in [0.2, 0.25) is 0 Å². The predicted octanol–water partition coefficient (Wildman–Crippen LogP) is 2.41. The molecular weight excluding hydrogens is 182 g/mol. The fourth-order valence-corrected chi connectivity index (χ4v) is 2.11. The molecule has 2 rings (SSSR count). The minimum Gasteiger partial charge on any atom is -0.329 e. The molecule has 0 aliphatic carbocycles. The molecule has 2 nitrogen and oxygen atoms in total. The van der Waals surface area contributed by atoms with Crippen LogP contribution in [0.5, 0.6) is 0 Å². The number of hydrogen-bond acceptors (Lipinski definition) is 2. The van der Waals surface area contributed by atoms with E-state index in [1.807, 2.05) is 30.5 Å². The molecule has 0 spiro atoms. The maximum Gasteiger partial charge on any atom is 0.256 e. The van der Waals surface area contributed by atoms with Crippen molar-refractivity contribution >= 4 is 11.3 Å². The molecule has 2 heterocycles. The molecule has 0 aliphatic heterocycles. The van der Waals surface area contributed by atoms with Crippen LogP contribution in [0.25, 0.3) is 10.4 Å². The molecule has 0 atom stereocenters. The summed E-state index contributed by atoms with van der Waals surface area (Å²) in [6, 6.07) is 5.70. The molecule has 2 aromatic heterocycles. The lowest BCUT2D eigenvalue weighted by molar-refractivity contribution is 1.24. The Morgan fingerprint density at radius 1 is 1.46 bits per heavy atom. The molecule has 0 aromatic carbocycles. The summed E-state index contributed by atoms with van der Waals surface area (Å²) in [4.78, 5) is 15.1. The Morgan fingerprint density at radius 2 is 2.31 bits per heavy atom. The zero-order valence-electron chi connectivity index (χ0n) is 7.20. The molecule has 0 saturated carbocycles. The standard InChI is InChI=1S/C10H9NOS/c1-7-5-9(13-6-7)8-3-2-4-11-10(8)12/h2-6H,1H3,(H,11,12). The van der Waals surface area contributed by atoms with E-state index in [0.717, 1.165) is 10.4 Å². The van der Waals surface area contributed by atoms with Gasteiger partial charge in [0.25, 0.3) is 5.56 Å². The number of nitrogens with one attached hydrogen (secondary N) is 1. The van der Waals surface area contributed by atoms with E-state index in [9.17, 15) is 4.79 Å². The van der Waals surface area contributed by atoms with Gasteiger partial charge in [-0.25, -0.2) is 0 Å². The van der Waals surface area contributed by atoms with Crippen molar-refractivity contribution in [1.82, 2.24) is 4.98 Å². The lowest BCUT2D eigenvalue weighted by Crippen LogP contribution is -2.05. The Balaban J connectivity index is 2.59. The topological polar surface area (TPSA) is 32.9 Å². The first-order valence-electron chi connectivity index (χ1n) is 4.00. The largest absolute Gasteiger partial charge is 0.329 e. The summed E-state index contributed by atoms with van der Waals surface area (Å²) >= 11 is 1.60. The Labute approximate surface area is 79.9 Å². The Kier molecular flexibility index (Phi) is 2.02. The number of hydrogen-bond donors (Lipinski definition) is 1. The highest BCUT2D eigenvalue weighted by Crippen LogP contribution is 2.23. The number of H-pyrrole nitrogens is 1. The van der Waals surface area contributed by atoms with Crippen molar-refractivity contribution in [3.63, 3.8) is 0 Å². The molecular formula is C10H9NOS. The normalized spacial score (nSPS) is 10.2. The van der Waals surface area contributed by atoms with Crippen LogP contribution >= 0.6 is 11.3 Å². The third-order valence-electron chi connectivity index (χ3n) is 1.81. The van der Waals surface area contributed by atoms with Crippen LogP contribution in [0.3, 0.4) is 0 Å². The van der Waals surface area contributed by atoms with E-state index in [1.165, 1.54) is 5.56 Å². The van der Waals surface area contributed by atoms with Crippen molar-refractivity contribution < 1.29 is 0 Å². The van der Waals surface area contributed by atoms with E-state index in [2.05, 4.69) is 4.98 Å². The molecule has 2 aromatic rings. The van der Waals surface area contributed by atoms with E-state index >= 15 is 0 Å². The minimum atomic E-state index is -0.0237. The number of aryl methyl sites for hydroxylation is 1. The van der Waals surface area contributed by atoms with E-state index in [0.29, 0.717) is 0 Å². The first kappa shape index (κ1) is 8.26. The van der Waals surface area contributed by atoms with Gasteiger partial charge in [0, 0.05) is 11.1 Å². The number of thiophene rings is 1. The number of rotatable bonds is 1. The van der Waals surface area contributed by atoms with Crippen LogP contribution in [-0.2, 0) is 0 Å². The number of aromatic amines is 1. The number of aromatic nitrogens is 1. The lowest BCUT2D eigenvalue weighted by atomic mass is 10.2. The summed E-state index contributed by atoms with van der Waals surface area (Å²) in [5.41, 5.74) is 1.92. The fourth-order valence-electron chi connectivity index (χ4n) is 1.19. The highest BCUT2D eigenvalue weighted by atomic mass is 32.1. The second-order valence-corrected chi connectivity index (χ2v) is 3.81. The molecule has 0 fully saturated rings. The Hall–Kier alpha value is -1.35. The van der Waals surface area contributed by atoms with Crippen molar-refractivity contribution in [2.75, 3.05) is 0 Å². The summed E-state index contributed by atoms with van der Waals surface area (Å²) < 4.78 is 0. The van der Waals surface area contributed by atoms with Gasteiger partial charge in [-0.15, -0.1) is 11.3 Å². The Morgan fingerprint density at radius 3 is 2.92 bits per heavy atom. The molecule has 0 amide bonds. The zero-order chi connectivity index (χ0) is 9.26. The molecule has 0 radical (unpaired) electrons. The maximum absolute atomic E-state index is 11.4.